The maximum absolute atomic E-state index is 14.0. The molecular formula is C34H39ClN6O2. The van der Waals surface area contributed by atoms with Crippen LogP contribution in [0.3, 0.4) is 0 Å². The number of carbonyl (C=O) groups is 2. The zero-order valence-electron chi connectivity index (χ0n) is 24.9. The van der Waals surface area contributed by atoms with Gasteiger partial charge < -0.3 is 19.7 Å². The molecule has 6 rings (SSSR count). The highest BCUT2D eigenvalue weighted by atomic mass is 35.5. The molecule has 3 aromatic carbocycles. The van der Waals surface area contributed by atoms with Gasteiger partial charge in [0.25, 0.3) is 0 Å². The van der Waals surface area contributed by atoms with E-state index in [1.165, 1.54) is 11.3 Å². The van der Waals surface area contributed by atoms with Crippen LogP contribution in [0, 0.1) is 6.92 Å². The number of rotatable bonds is 9. The van der Waals surface area contributed by atoms with Gasteiger partial charge in [0.2, 0.25) is 11.8 Å². The third kappa shape index (κ3) is 6.26. The van der Waals surface area contributed by atoms with Crippen molar-refractivity contribution in [2.45, 2.75) is 45.3 Å². The average Bonchev–Trinajstić information content (AvgIpc) is 3.41. The maximum Gasteiger partial charge on any atom is 0.247 e. The number of piperazine rings is 1. The van der Waals surface area contributed by atoms with Crippen LogP contribution in [0.4, 0.5) is 5.69 Å². The Kier molecular flexibility index (Phi) is 8.68. The van der Waals surface area contributed by atoms with Gasteiger partial charge in [0.15, 0.2) is 0 Å². The van der Waals surface area contributed by atoms with Crippen LogP contribution in [0.2, 0.25) is 5.02 Å². The molecule has 2 aliphatic heterocycles. The summed E-state index contributed by atoms with van der Waals surface area (Å²) in [6.07, 6.45) is 0.943. The summed E-state index contributed by atoms with van der Waals surface area (Å²) >= 11 is 6.24. The van der Waals surface area contributed by atoms with E-state index in [-0.39, 0.29) is 24.3 Å². The van der Waals surface area contributed by atoms with Gasteiger partial charge >= 0.3 is 0 Å². The summed E-state index contributed by atoms with van der Waals surface area (Å²) in [5, 5.41) is 3.86. The number of amides is 2. The zero-order valence-corrected chi connectivity index (χ0v) is 25.6. The molecule has 43 heavy (non-hydrogen) atoms. The Bertz CT molecular complexity index is 1600. The standard InChI is InChI=1S/C34H39ClN6O2/c1-24-13-14-27(35)21-30(24)39-19-17-38(18-20-39)16-8-15-36-32(42)22-31-34(43)40(23-26-9-4-3-5-10-26)25(2)33-37-28-11-6-7-12-29(28)41(31)33/h3-7,9-14,21,25,31H,8,15-20,22-23H2,1-2H3,(H,36,42)/t25-,31-/m0/s1. The minimum Gasteiger partial charge on any atom is -0.369 e. The number of aromatic nitrogens is 2. The summed E-state index contributed by atoms with van der Waals surface area (Å²) < 4.78 is 1.99. The third-order valence-corrected chi connectivity index (χ3v) is 9.01. The first-order valence-corrected chi connectivity index (χ1v) is 15.6. The van der Waals surface area contributed by atoms with Crippen molar-refractivity contribution in [2.75, 3.05) is 44.2 Å². The number of imidazole rings is 1. The monoisotopic (exact) mass is 598 g/mol. The lowest BCUT2D eigenvalue weighted by atomic mass is 10.0. The van der Waals surface area contributed by atoms with Crippen molar-refractivity contribution >= 4 is 40.1 Å². The Morgan fingerprint density at radius 1 is 1.00 bits per heavy atom. The molecule has 2 amide bonds. The first kappa shape index (κ1) is 29.2. The Hall–Kier alpha value is -3.88. The van der Waals surface area contributed by atoms with E-state index in [9.17, 15) is 9.59 Å². The molecule has 2 aliphatic rings. The predicted molar refractivity (Wildman–Crippen MR) is 171 cm³/mol. The minimum absolute atomic E-state index is 0.0463. The van der Waals surface area contributed by atoms with E-state index in [4.69, 9.17) is 16.6 Å². The van der Waals surface area contributed by atoms with Crippen molar-refractivity contribution in [1.29, 1.82) is 0 Å². The fourth-order valence-corrected chi connectivity index (χ4v) is 6.57. The maximum atomic E-state index is 14.0. The molecule has 8 nitrogen and oxygen atoms in total. The number of para-hydroxylation sites is 2. The van der Waals surface area contributed by atoms with Crippen LogP contribution in [0.1, 0.15) is 48.8 Å². The van der Waals surface area contributed by atoms with Gasteiger partial charge in [-0.2, -0.15) is 0 Å². The van der Waals surface area contributed by atoms with Crippen molar-refractivity contribution in [3.05, 3.63) is 94.8 Å². The lowest BCUT2D eigenvalue weighted by molar-refractivity contribution is -0.142. The highest BCUT2D eigenvalue weighted by Crippen LogP contribution is 2.37. The van der Waals surface area contributed by atoms with E-state index in [0.29, 0.717) is 13.1 Å². The fourth-order valence-electron chi connectivity index (χ4n) is 6.40. The second kappa shape index (κ2) is 12.8. The lowest BCUT2D eigenvalue weighted by Gasteiger charge is -2.38. The van der Waals surface area contributed by atoms with Gasteiger partial charge in [-0.05, 0) is 62.2 Å². The van der Waals surface area contributed by atoms with Crippen molar-refractivity contribution in [2.24, 2.45) is 0 Å². The molecule has 1 fully saturated rings. The topological polar surface area (TPSA) is 73.7 Å². The molecule has 224 valence electrons. The second-order valence-corrected chi connectivity index (χ2v) is 12.1. The molecule has 1 N–H and O–H groups in total. The van der Waals surface area contributed by atoms with Crippen molar-refractivity contribution in [3.63, 3.8) is 0 Å². The van der Waals surface area contributed by atoms with Crippen molar-refractivity contribution < 1.29 is 9.59 Å². The highest BCUT2D eigenvalue weighted by molar-refractivity contribution is 6.30. The summed E-state index contributed by atoms with van der Waals surface area (Å²) in [4.78, 5) is 38.8. The molecule has 1 saturated heterocycles. The first-order valence-electron chi connectivity index (χ1n) is 15.2. The smallest absolute Gasteiger partial charge is 0.247 e. The number of fused-ring (bicyclic) bond motifs is 3. The summed E-state index contributed by atoms with van der Waals surface area (Å²) in [6.45, 7) is 9.98. The normalized spacial score (nSPS) is 19.1. The van der Waals surface area contributed by atoms with Crippen molar-refractivity contribution in [1.82, 2.24) is 24.7 Å². The fraction of sp³-hybridized carbons (Fsp3) is 0.382. The van der Waals surface area contributed by atoms with E-state index in [0.717, 1.165) is 66.6 Å². The minimum atomic E-state index is -0.634. The first-order chi connectivity index (χ1) is 20.9. The van der Waals surface area contributed by atoms with Crippen LogP contribution in [-0.2, 0) is 16.1 Å². The van der Waals surface area contributed by atoms with Crippen LogP contribution in [0.25, 0.3) is 11.0 Å². The second-order valence-electron chi connectivity index (χ2n) is 11.6. The van der Waals surface area contributed by atoms with Crippen LogP contribution < -0.4 is 10.2 Å². The van der Waals surface area contributed by atoms with E-state index >= 15 is 0 Å². The van der Waals surface area contributed by atoms with Gasteiger partial charge in [-0.3, -0.25) is 14.5 Å². The molecule has 9 heteroatoms. The molecule has 0 aliphatic carbocycles. The Labute approximate surface area is 258 Å². The zero-order chi connectivity index (χ0) is 29.9. The molecule has 0 radical (unpaired) electrons. The number of hydrogen-bond donors (Lipinski definition) is 1. The number of aryl methyl sites for hydroxylation is 1. The van der Waals surface area contributed by atoms with Crippen LogP contribution >= 0.6 is 11.6 Å². The van der Waals surface area contributed by atoms with Gasteiger partial charge in [0.05, 0.1) is 23.5 Å². The average molecular weight is 599 g/mol. The molecule has 0 spiro atoms. The van der Waals surface area contributed by atoms with Gasteiger partial charge in [-0.15, -0.1) is 0 Å². The quantitative estimate of drug-likeness (QED) is 0.263. The van der Waals surface area contributed by atoms with E-state index in [2.05, 4.69) is 34.2 Å². The molecule has 0 saturated carbocycles. The van der Waals surface area contributed by atoms with Gasteiger partial charge in [0, 0.05) is 50.0 Å². The molecule has 1 aromatic heterocycles. The van der Waals surface area contributed by atoms with E-state index in [1.54, 1.807) is 0 Å². The number of nitrogens with zero attached hydrogens (tertiary/aromatic N) is 5. The molecule has 0 bridgehead atoms. The van der Waals surface area contributed by atoms with Crippen LogP contribution in [-0.4, -0.2) is 70.4 Å². The number of hydrogen-bond acceptors (Lipinski definition) is 5. The van der Waals surface area contributed by atoms with Gasteiger partial charge in [-0.1, -0.05) is 60.1 Å². The number of anilines is 1. The Balaban J connectivity index is 1.06. The molecular weight excluding hydrogens is 560 g/mol. The summed E-state index contributed by atoms with van der Waals surface area (Å²) in [5.74, 6) is 0.661. The number of halogens is 1. The third-order valence-electron chi connectivity index (χ3n) is 8.78. The van der Waals surface area contributed by atoms with Crippen LogP contribution in [0.15, 0.2) is 72.8 Å². The molecule has 4 aromatic rings. The Morgan fingerprint density at radius 3 is 2.53 bits per heavy atom. The molecule has 2 atom stereocenters. The summed E-state index contributed by atoms with van der Waals surface area (Å²) in [6, 6.07) is 23.1. The summed E-state index contributed by atoms with van der Waals surface area (Å²) in [7, 11) is 0. The van der Waals surface area contributed by atoms with Crippen LogP contribution in [0.5, 0.6) is 0 Å². The number of carbonyl (C=O) groups excluding carboxylic acids is 2. The van der Waals surface area contributed by atoms with E-state index < -0.39 is 6.04 Å². The largest absolute Gasteiger partial charge is 0.369 e. The SMILES string of the molecule is Cc1ccc(Cl)cc1N1CCN(CCCNC(=O)C[C@H]2C(=O)N(Cc3ccccc3)[C@@H](C)c3nc4ccccc4n32)CC1. The number of benzene rings is 3. The van der Waals surface area contributed by atoms with Gasteiger partial charge in [0.1, 0.15) is 11.9 Å². The van der Waals surface area contributed by atoms with E-state index in [1.807, 2.05) is 77.1 Å². The summed E-state index contributed by atoms with van der Waals surface area (Å²) in [5.41, 5.74) is 5.24. The molecule has 0 unspecified atom stereocenters. The predicted octanol–water partition coefficient (Wildman–Crippen LogP) is 5.36. The van der Waals surface area contributed by atoms with Crippen molar-refractivity contribution in [3.8, 4) is 0 Å². The molecule has 3 heterocycles. The van der Waals surface area contributed by atoms with Gasteiger partial charge in [-0.25, -0.2) is 4.98 Å². The lowest BCUT2D eigenvalue weighted by Crippen LogP contribution is -2.47. The highest BCUT2D eigenvalue weighted by Gasteiger charge is 2.40. The Morgan fingerprint density at radius 2 is 1.74 bits per heavy atom. The number of nitrogens with one attached hydrogen (secondary N) is 1.